The van der Waals surface area contributed by atoms with Crippen LogP contribution in [-0.2, 0) is 7.05 Å². The zero-order chi connectivity index (χ0) is 7.84. The van der Waals surface area contributed by atoms with Crippen molar-refractivity contribution in [2.75, 3.05) is 0 Å². The van der Waals surface area contributed by atoms with E-state index in [1.54, 1.807) is 13.1 Å². The molecule has 0 saturated heterocycles. The Kier molecular flexibility index (Phi) is 1.06. The van der Waals surface area contributed by atoms with Crippen molar-refractivity contribution in [1.29, 1.82) is 0 Å². The summed E-state index contributed by atoms with van der Waals surface area (Å²) in [7, 11) is 1.62. The Morgan fingerprint density at radius 3 is 3.18 bits per heavy atom. The highest BCUT2D eigenvalue weighted by atomic mass is 16.4. The lowest BCUT2D eigenvalue weighted by atomic mass is 10.5. The first-order valence-electron chi connectivity index (χ1n) is 3.06. The molecular formula is C6H5N3O2. The van der Waals surface area contributed by atoms with Gasteiger partial charge in [-0.3, -0.25) is 4.57 Å². The minimum Gasteiger partial charge on any atom is -0.387 e. The molecule has 5 nitrogen and oxygen atoms in total. The van der Waals surface area contributed by atoms with E-state index in [9.17, 15) is 4.79 Å². The summed E-state index contributed by atoms with van der Waals surface area (Å²) in [6.07, 6.45) is 1.51. The van der Waals surface area contributed by atoms with Crippen molar-refractivity contribution in [3.05, 3.63) is 22.8 Å². The second-order valence-electron chi connectivity index (χ2n) is 2.15. The van der Waals surface area contributed by atoms with Gasteiger partial charge in [-0.1, -0.05) is 0 Å². The average Bonchev–Trinajstić information content (AvgIpc) is 2.30. The van der Waals surface area contributed by atoms with Gasteiger partial charge in [0.05, 0.1) is 6.20 Å². The second-order valence-corrected chi connectivity index (χ2v) is 2.15. The van der Waals surface area contributed by atoms with Gasteiger partial charge < -0.3 is 4.42 Å². The van der Waals surface area contributed by atoms with Crippen molar-refractivity contribution < 1.29 is 4.42 Å². The van der Waals surface area contributed by atoms with Crippen LogP contribution in [-0.4, -0.2) is 14.8 Å². The highest BCUT2D eigenvalue weighted by Gasteiger charge is 2.04. The molecule has 0 atom stereocenters. The topological polar surface area (TPSA) is 60.9 Å². The van der Waals surface area contributed by atoms with Gasteiger partial charge in [0.25, 0.3) is 5.71 Å². The molecule has 0 radical (unpaired) electrons. The van der Waals surface area contributed by atoms with E-state index in [2.05, 4.69) is 10.2 Å². The summed E-state index contributed by atoms with van der Waals surface area (Å²) in [5.41, 5.74) is 0.935. The summed E-state index contributed by atoms with van der Waals surface area (Å²) in [5.74, 6) is -0.416. The van der Waals surface area contributed by atoms with Gasteiger partial charge in [0, 0.05) is 7.05 Å². The van der Waals surface area contributed by atoms with Crippen molar-refractivity contribution >= 4 is 11.2 Å². The molecule has 0 unspecified atom stereocenters. The molecule has 2 aromatic rings. The largest absolute Gasteiger partial charge is 0.421 e. The zero-order valence-corrected chi connectivity index (χ0v) is 5.81. The zero-order valence-electron chi connectivity index (χ0n) is 5.81. The molecule has 0 aliphatic rings. The molecule has 11 heavy (non-hydrogen) atoms. The van der Waals surface area contributed by atoms with E-state index in [0.717, 1.165) is 0 Å². The third-order valence-corrected chi connectivity index (χ3v) is 1.49. The molecule has 0 spiro atoms. The number of nitrogens with zero attached hydrogens (tertiary/aromatic N) is 3. The Labute approximate surface area is 61.3 Å². The van der Waals surface area contributed by atoms with Crippen molar-refractivity contribution in [3.63, 3.8) is 0 Å². The number of hydrogen-bond donors (Lipinski definition) is 0. The lowest BCUT2D eigenvalue weighted by molar-refractivity contribution is 0.517. The SMILES string of the molecule is Cn1c(=O)oc2nnccc21. The van der Waals surface area contributed by atoms with Gasteiger partial charge in [-0.05, 0) is 6.07 Å². The number of rotatable bonds is 0. The number of aromatic nitrogens is 3. The summed E-state index contributed by atoms with van der Waals surface area (Å²) in [6, 6.07) is 1.67. The van der Waals surface area contributed by atoms with Gasteiger partial charge in [-0.25, -0.2) is 4.79 Å². The molecule has 5 heteroatoms. The minimum absolute atomic E-state index is 0.278. The Bertz CT molecular complexity index is 442. The fourth-order valence-electron chi connectivity index (χ4n) is 0.890. The first-order chi connectivity index (χ1) is 5.29. The van der Waals surface area contributed by atoms with E-state index >= 15 is 0 Å². The van der Waals surface area contributed by atoms with Crippen molar-refractivity contribution in [1.82, 2.24) is 14.8 Å². The maximum Gasteiger partial charge on any atom is 0.421 e. The third kappa shape index (κ3) is 0.739. The predicted molar refractivity (Wildman–Crippen MR) is 37.0 cm³/mol. The quantitative estimate of drug-likeness (QED) is 0.528. The Balaban J connectivity index is 3.04. The summed E-state index contributed by atoms with van der Waals surface area (Å²) in [6.45, 7) is 0. The maximum atomic E-state index is 10.9. The molecule has 0 saturated carbocycles. The van der Waals surface area contributed by atoms with Crippen LogP contribution in [0.2, 0.25) is 0 Å². The maximum absolute atomic E-state index is 10.9. The van der Waals surface area contributed by atoms with Crippen molar-refractivity contribution in [3.8, 4) is 0 Å². The van der Waals surface area contributed by atoms with E-state index in [4.69, 9.17) is 4.42 Å². The van der Waals surface area contributed by atoms with Gasteiger partial charge in [-0.15, -0.1) is 5.10 Å². The Morgan fingerprint density at radius 2 is 2.45 bits per heavy atom. The Hall–Kier alpha value is -1.65. The molecule has 2 heterocycles. The highest BCUT2D eigenvalue weighted by Crippen LogP contribution is 2.04. The van der Waals surface area contributed by atoms with Crippen LogP contribution in [0.5, 0.6) is 0 Å². The van der Waals surface area contributed by atoms with Crippen LogP contribution in [0.1, 0.15) is 0 Å². The van der Waals surface area contributed by atoms with Gasteiger partial charge >= 0.3 is 5.76 Å². The molecule has 56 valence electrons. The van der Waals surface area contributed by atoms with Crippen LogP contribution in [0, 0.1) is 0 Å². The first-order valence-corrected chi connectivity index (χ1v) is 3.06. The summed E-state index contributed by atoms with van der Waals surface area (Å²) in [5, 5.41) is 7.20. The monoisotopic (exact) mass is 151 g/mol. The number of fused-ring (bicyclic) bond motifs is 1. The van der Waals surface area contributed by atoms with Gasteiger partial charge in [0.15, 0.2) is 0 Å². The Morgan fingerprint density at radius 1 is 1.64 bits per heavy atom. The van der Waals surface area contributed by atoms with Crippen LogP contribution in [0.25, 0.3) is 11.2 Å². The lowest BCUT2D eigenvalue weighted by Crippen LogP contribution is -2.08. The molecule has 0 N–H and O–H groups in total. The molecule has 0 aromatic carbocycles. The minimum atomic E-state index is -0.416. The number of oxazole rings is 1. The average molecular weight is 151 g/mol. The third-order valence-electron chi connectivity index (χ3n) is 1.49. The van der Waals surface area contributed by atoms with E-state index in [-0.39, 0.29) is 5.71 Å². The van der Waals surface area contributed by atoms with Crippen LogP contribution < -0.4 is 5.76 Å². The molecule has 2 aromatic heterocycles. The van der Waals surface area contributed by atoms with E-state index in [1.807, 2.05) is 0 Å². The predicted octanol–water partition coefficient (Wildman–Crippen LogP) is -0.0785. The smallest absolute Gasteiger partial charge is 0.387 e. The molecular weight excluding hydrogens is 146 g/mol. The van der Waals surface area contributed by atoms with Gasteiger partial charge in [-0.2, -0.15) is 5.10 Å². The van der Waals surface area contributed by atoms with Crippen LogP contribution in [0.15, 0.2) is 21.5 Å². The molecule has 0 amide bonds. The summed E-state index contributed by atoms with van der Waals surface area (Å²) >= 11 is 0. The normalized spacial score (nSPS) is 10.6. The number of aryl methyl sites for hydroxylation is 1. The van der Waals surface area contributed by atoms with Crippen molar-refractivity contribution in [2.45, 2.75) is 0 Å². The van der Waals surface area contributed by atoms with Crippen LogP contribution >= 0.6 is 0 Å². The molecule has 0 aliphatic carbocycles. The fourth-order valence-corrected chi connectivity index (χ4v) is 0.890. The highest BCUT2D eigenvalue weighted by molar-refractivity contribution is 5.66. The first kappa shape index (κ1) is 6.09. The lowest BCUT2D eigenvalue weighted by Gasteiger charge is -1.85. The van der Waals surface area contributed by atoms with E-state index in [1.165, 1.54) is 10.8 Å². The summed E-state index contributed by atoms with van der Waals surface area (Å²) < 4.78 is 6.11. The molecule has 0 fully saturated rings. The van der Waals surface area contributed by atoms with Crippen LogP contribution in [0.4, 0.5) is 0 Å². The standard InChI is InChI=1S/C6H5N3O2/c1-9-4-2-3-7-8-5(4)11-6(9)10/h2-3H,1H3. The summed E-state index contributed by atoms with van der Waals surface area (Å²) in [4.78, 5) is 10.9. The van der Waals surface area contributed by atoms with Gasteiger partial charge in [0.2, 0.25) is 0 Å². The fraction of sp³-hybridized carbons (Fsp3) is 0.167. The second kappa shape index (κ2) is 1.91. The number of hydrogen-bond acceptors (Lipinski definition) is 4. The van der Waals surface area contributed by atoms with E-state index in [0.29, 0.717) is 5.52 Å². The van der Waals surface area contributed by atoms with Crippen molar-refractivity contribution in [2.24, 2.45) is 7.05 Å². The van der Waals surface area contributed by atoms with Crippen LogP contribution in [0.3, 0.4) is 0 Å². The van der Waals surface area contributed by atoms with Gasteiger partial charge in [0.1, 0.15) is 5.52 Å². The molecule has 0 bridgehead atoms. The molecule has 0 aliphatic heterocycles. The molecule has 2 rings (SSSR count). The van der Waals surface area contributed by atoms with E-state index < -0.39 is 5.76 Å².